The molecule has 2 saturated heterocycles. The number of carbonyl (C=O) groups is 2. The normalized spacial score (nSPS) is 29.7. The Kier molecular flexibility index (Phi) is 5.18. The molecule has 0 aromatic carbocycles. The molecule has 0 bridgehead atoms. The predicted molar refractivity (Wildman–Crippen MR) is 90.5 cm³/mol. The average Bonchev–Trinajstić information content (AvgIpc) is 3.24. The van der Waals surface area contributed by atoms with Gasteiger partial charge < -0.3 is 18.9 Å². The molecular formula is C17H21N3O8. The van der Waals surface area contributed by atoms with E-state index in [4.69, 9.17) is 24.2 Å². The van der Waals surface area contributed by atoms with Crippen LogP contribution in [0.25, 0.3) is 0 Å². The summed E-state index contributed by atoms with van der Waals surface area (Å²) < 4.78 is 22.6. The van der Waals surface area contributed by atoms with E-state index in [0.717, 1.165) is 36.7 Å². The number of hydrogen-bond acceptors (Lipinski definition) is 10. The maximum Gasteiger partial charge on any atom is 0.509 e. The number of nitrogens with zero attached hydrogens (tertiary/aromatic N) is 2. The van der Waals surface area contributed by atoms with Crippen molar-refractivity contribution in [3.05, 3.63) is 22.7 Å². The van der Waals surface area contributed by atoms with Crippen LogP contribution in [0.2, 0.25) is 0 Å². The molecule has 3 heterocycles. The van der Waals surface area contributed by atoms with Gasteiger partial charge in [-0.1, -0.05) is 19.3 Å². The molecule has 2 aliphatic heterocycles. The topological polar surface area (TPSA) is 138 Å². The molecule has 1 aromatic heterocycles. The van der Waals surface area contributed by atoms with Crippen molar-refractivity contribution in [3.8, 4) is 0 Å². The van der Waals surface area contributed by atoms with Crippen molar-refractivity contribution < 1.29 is 33.7 Å². The molecule has 4 atom stereocenters. The number of carbonyl (C=O) groups excluding carboxylic acids is 2. The van der Waals surface area contributed by atoms with Gasteiger partial charge in [-0.2, -0.15) is 4.98 Å². The zero-order chi connectivity index (χ0) is 19.7. The van der Waals surface area contributed by atoms with Gasteiger partial charge in [-0.25, -0.2) is 9.59 Å². The quantitative estimate of drug-likeness (QED) is 0.548. The van der Waals surface area contributed by atoms with Gasteiger partial charge in [-0.05, 0) is 18.9 Å². The first-order valence-corrected chi connectivity index (χ1v) is 9.25. The molecule has 0 spiro atoms. The molecule has 0 amide bonds. The van der Waals surface area contributed by atoms with Gasteiger partial charge in [0.15, 0.2) is 24.3 Å². The number of fused-ring (bicyclic) bond motifs is 1. The van der Waals surface area contributed by atoms with Crippen molar-refractivity contribution in [2.45, 2.75) is 56.6 Å². The Labute approximate surface area is 159 Å². The smallest absolute Gasteiger partial charge is 0.463 e. The van der Waals surface area contributed by atoms with E-state index >= 15 is 0 Å². The number of hydrogen-bond donors (Lipinski definition) is 2. The zero-order valence-electron chi connectivity index (χ0n) is 15.0. The fourth-order valence-corrected chi connectivity index (χ4v) is 3.87. The first kappa shape index (κ1) is 18.7. The second-order valence-electron chi connectivity index (χ2n) is 7.06. The number of anilines is 1. The summed E-state index contributed by atoms with van der Waals surface area (Å²) in [5.41, 5.74) is 1.06. The van der Waals surface area contributed by atoms with Crippen LogP contribution >= 0.6 is 0 Å². The lowest BCUT2D eigenvalue weighted by molar-refractivity contribution is -0.156. The number of ether oxygens (including phenoxy) is 4. The highest BCUT2D eigenvalue weighted by Gasteiger charge is 2.55. The Bertz CT molecular complexity index is 806. The van der Waals surface area contributed by atoms with Gasteiger partial charge >= 0.3 is 17.8 Å². The lowest BCUT2D eigenvalue weighted by atomic mass is 9.89. The standard InChI is InChI=1S/C17H21N3O8/c21-15(9-4-2-1-3-5-9)25-8-10-12-13(28-17(23)27-12)14(26-10)20-7-6-11(19-24)18-16(20)22/h6-7,9-10,12-14,24H,1-5,8H2,(H,18,19,22)/t10-,12-,13-,14-/m1/s1. The van der Waals surface area contributed by atoms with Gasteiger partial charge in [0.05, 0.1) is 5.92 Å². The monoisotopic (exact) mass is 395 g/mol. The van der Waals surface area contributed by atoms with Crippen molar-refractivity contribution in [2.24, 2.45) is 5.92 Å². The Morgan fingerprint density at radius 3 is 2.71 bits per heavy atom. The minimum absolute atomic E-state index is 0.0339. The van der Waals surface area contributed by atoms with E-state index in [2.05, 4.69) is 4.98 Å². The molecule has 0 radical (unpaired) electrons. The van der Waals surface area contributed by atoms with Gasteiger partial charge in [0, 0.05) is 6.20 Å². The van der Waals surface area contributed by atoms with Crippen molar-refractivity contribution in [3.63, 3.8) is 0 Å². The lowest BCUT2D eigenvalue weighted by Gasteiger charge is -2.22. The third-order valence-electron chi connectivity index (χ3n) is 5.30. The summed E-state index contributed by atoms with van der Waals surface area (Å²) >= 11 is 0. The van der Waals surface area contributed by atoms with Crippen LogP contribution in [0.4, 0.5) is 10.6 Å². The van der Waals surface area contributed by atoms with Crippen LogP contribution in [0, 0.1) is 5.92 Å². The van der Waals surface area contributed by atoms with Crippen LogP contribution in [-0.4, -0.2) is 51.8 Å². The van der Waals surface area contributed by atoms with E-state index in [1.165, 1.54) is 12.3 Å². The number of aromatic nitrogens is 2. The van der Waals surface area contributed by atoms with Crippen LogP contribution in [-0.2, 0) is 23.7 Å². The van der Waals surface area contributed by atoms with Crippen LogP contribution in [0.3, 0.4) is 0 Å². The summed E-state index contributed by atoms with van der Waals surface area (Å²) in [4.78, 5) is 39.7. The largest absolute Gasteiger partial charge is 0.509 e. The van der Waals surface area contributed by atoms with Crippen molar-refractivity contribution in [1.82, 2.24) is 9.55 Å². The predicted octanol–water partition coefficient (Wildman–Crippen LogP) is 0.969. The second kappa shape index (κ2) is 7.76. The fraction of sp³-hybridized carbons (Fsp3) is 0.647. The molecule has 3 fully saturated rings. The van der Waals surface area contributed by atoms with E-state index in [1.807, 2.05) is 0 Å². The van der Waals surface area contributed by atoms with Crippen molar-refractivity contribution >= 4 is 17.9 Å². The molecule has 0 unspecified atom stereocenters. The Balaban J connectivity index is 1.46. The maximum atomic E-state index is 12.3. The first-order valence-electron chi connectivity index (χ1n) is 9.25. The molecule has 1 saturated carbocycles. The van der Waals surface area contributed by atoms with Crippen LogP contribution in [0.15, 0.2) is 17.1 Å². The third kappa shape index (κ3) is 3.54. The Morgan fingerprint density at radius 1 is 1.25 bits per heavy atom. The fourth-order valence-electron chi connectivity index (χ4n) is 3.87. The highest BCUT2D eigenvalue weighted by atomic mass is 16.8. The summed E-state index contributed by atoms with van der Waals surface area (Å²) in [5, 5.41) is 8.84. The first-order chi connectivity index (χ1) is 13.6. The van der Waals surface area contributed by atoms with E-state index in [1.54, 1.807) is 5.48 Å². The van der Waals surface area contributed by atoms with Crippen molar-refractivity contribution in [1.29, 1.82) is 0 Å². The molecule has 1 aromatic rings. The maximum absolute atomic E-state index is 12.3. The third-order valence-corrected chi connectivity index (χ3v) is 5.30. The molecule has 1 aliphatic carbocycles. The summed E-state index contributed by atoms with van der Waals surface area (Å²) in [6, 6.07) is 1.35. The van der Waals surface area contributed by atoms with E-state index in [0.29, 0.717) is 0 Å². The molecular weight excluding hydrogens is 374 g/mol. The highest BCUT2D eigenvalue weighted by Crippen LogP contribution is 2.37. The van der Waals surface area contributed by atoms with Gasteiger partial charge in [0.25, 0.3) is 0 Å². The summed E-state index contributed by atoms with van der Waals surface area (Å²) in [6.45, 7) is -0.109. The van der Waals surface area contributed by atoms with E-state index < -0.39 is 36.4 Å². The Morgan fingerprint density at radius 2 is 2.00 bits per heavy atom. The summed E-state index contributed by atoms with van der Waals surface area (Å²) in [6.07, 6.45) is 1.80. The highest BCUT2D eigenvalue weighted by molar-refractivity contribution is 5.72. The van der Waals surface area contributed by atoms with Gasteiger partial charge in [0.1, 0.15) is 12.7 Å². The van der Waals surface area contributed by atoms with Crippen LogP contribution in [0.1, 0.15) is 38.3 Å². The summed E-state index contributed by atoms with van der Waals surface area (Å²) in [7, 11) is 0. The molecule has 152 valence electrons. The molecule has 28 heavy (non-hydrogen) atoms. The SMILES string of the molecule is O=C1O[C@@H]2[C@H](O1)[C@@H](COC(=O)C1CCCCC1)O[C@H]2n1ccc(NO)nc1=O. The van der Waals surface area contributed by atoms with E-state index in [9.17, 15) is 14.4 Å². The molecule has 3 aliphatic rings. The van der Waals surface area contributed by atoms with Gasteiger partial charge in [-0.3, -0.25) is 20.0 Å². The molecule has 4 rings (SSSR count). The minimum atomic E-state index is -0.984. The number of nitrogens with one attached hydrogen (secondary N) is 1. The molecule has 11 nitrogen and oxygen atoms in total. The minimum Gasteiger partial charge on any atom is -0.463 e. The number of esters is 1. The lowest BCUT2D eigenvalue weighted by Crippen LogP contribution is -2.35. The van der Waals surface area contributed by atoms with Gasteiger partial charge in [-0.15, -0.1) is 0 Å². The van der Waals surface area contributed by atoms with Gasteiger partial charge in [0.2, 0.25) is 0 Å². The van der Waals surface area contributed by atoms with E-state index in [-0.39, 0.29) is 24.3 Å². The zero-order valence-corrected chi connectivity index (χ0v) is 15.0. The Hall–Kier alpha value is -2.66. The van der Waals surface area contributed by atoms with Crippen molar-refractivity contribution in [2.75, 3.05) is 12.1 Å². The number of rotatable bonds is 5. The molecule has 11 heteroatoms. The molecule has 2 N–H and O–H groups in total. The van der Waals surface area contributed by atoms with Crippen LogP contribution < -0.4 is 11.2 Å². The van der Waals surface area contributed by atoms with Crippen LogP contribution in [0.5, 0.6) is 0 Å². The second-order valence-corrected chi connectivity index (χ2v) is 7.06. The average molecular weight is 395 g/mol. The summed E-state index contributed by atoms with van der Waals surface area (Å²) in [5.74, 6) is -0.436.